The second kappa shape index (κ2) is 7.09. The van der Waals surface area contributed by atoms with Gasteiger partial charge < -0.3 is 5.32 Å². The first-order valence-corrected chi connectivity index (χ1v) is 8.03. The highest BCUT2D eigenvalue weighted by Crippen LogP contribution is 2.37. The summed E-state index contributed by atoms with van der Waals surface area (Å²) in [5.74, 6) is 2.19. The van der Waals surface area contributed by atoms with Crippen LogP contribution in [0.25, 0.3) is 0 Å². The predicted octanol–water partition coefficient (Wildman–Crippen LogP) is 4.69. The molecule has 1 nitrogen and oxygen atoms in total. The number of nitrogens with one attached hydrogen (secondary N) is 1. The highest BCUT2D eigenvalue weighted by Gasteiger charge is 2.20. The van der Waals surface area contributed by atoms with Gasteiger partial charge in [-0.3, -0.25) is 0 Å². The molecule has 1 saturated carbocycles. The van der Waals surface area contributed by atoms with Gasteiger partial charge in [-0.15, -0.1) is 0 Å². The average Bonchev–Trinajstić information content (AvgIpc) is 2.37. The summed E-state index contributed by atoms with van der Waals surface area (Å²) >= 11 is 0. The van der Waals surface area contributed by atoms with Crippen molar-refractivity contribution in [1.29, 1.82) is 0 Å². The van der Waals surface area contributed by atoms with Crippen molar-refractivity contribution in [3.8, 4) is 0 Å². The van der Waals surface area contributed by atoms with Crippen LogP contribution in [0.4, 0.5) is 0 Å². The maximum atomic E-state index is 3.53. The van der Waals surface area contributed by atoms with E-state index in [0.717, 1.165) is 19.0 Å². The largest absolute Gasteiger partial charge is 0.316 e. The van der Waals surface area contributed by atoms with E-state index in [0.29, 0.717) is 11.8 Å². The van der Waals surface area contributed by atoms with Gasteiger partial charge >= 0.3 is 0 Å². The van der Waals surface area contributed by atoms with Gasteiger partial charge in [0, 0.05) is 0 Å². The lowest BCUT2D eigenvalue weighted by atomic mass is 9.79. The van der Waals surface area contributed by atoms with Gasteiger partial charge in [0.15, 0.2) is 0 Å². The van der Waals surface area contributed by atoms with E-state index < -0.39 is 0 Å². The molecule has 2 rings (SSSR count). The number of rotatable bonds is 7. The molecule has 0 bridgehead atoms. The first-order chi connectivity index (χ1) is 9.22. The van der Waals surface area contributed by atoms with E-state index in [1.165, 1.54) is 31.2 Å². The minimum Gasteiger partial charge on any atom is -0.316 e. The molecule has 2 atom stereocenters. The fraction of sp³-hybridized carbons (Fsp3) is 0.667. The lowest BCUT2D eigenvalue weighted by Crippen LogP contribution is -2.25. The third-order valence-electron chi connectivity index (χ3n) is 4.79. The van der Waals surface area contributed by atoms with Gasteiger partial charge in [-0.1, -0.05) is 51.5 Å². The Hall–Kier alpha value is -0.820. The van der Waals surface area contributed by atoms with Crippen LogP contribution < -0.4 is 5.32 Å². The van der Waals surface area contributed by atoms with Crippen LogP contribution in [-0.4, -0.2) is 13.1 Å². The van der Waals surface area contributed by atoms with Crippen LogP contribution in [0.5, 0.6) is 0 Å². The van der Waals surface area contributed by atoms with E-state index >= 15 is 0 Å². The summed E-state index contributed by atoms with van der Waals surface area (Å²) in [5.41, 5.74) is 3.05. The molecule has 106 valence electrons. The Bertz CT molecular complexity index is 364. The molecule has 0 amide bonds. The average molecular weight is 259 g/mol. The molecule has 1 aromatic rings. The molecule has 1 aromatic carbocycles. The van der Waals surface area contributed by atoms with Gasteiger partial charge in [0.1, 0.15) is 0 Å². The van der Waals surface area contributed by atoms with Crippen molar-refractivity contribution in [1.82, 2.24) is 5.32 Å². The lowest BCUT2D eigenvalue weighted by Gasteiger charge is -2.27. The third kappa shape index (κ3) is 3.82. The Balaban J connectivity index is 1.88. The standard InChI is InChI=1S/C18H29N/c1-4-12-19-13-14(2)15(3)16-8-10-18(11-9-16)17-6-5-7-17/h8-11,14-15,17,19H,4-7,12-13H2,1-3H3. The zero-order valence-corrected chi connectivity index (χ0v) is 12.8. The summed E-state index contributed by atoms with van der Waals surface area (Å²) in [6, 6.07) is 9.44. The summed E-state index contributed by atoms with van der Waals surface area (Å²) in [5, 5.41) is 3.53. The molecule has 1 aliphatic carbocycles. The quantitative estimate of drug-likeness (QED) is 0.700. The molecular formula is C18H29N. The molecule has 2 unspecified atom stereocenters. The Labute approximate surface area is 118 Å². The Kier molecular flexibility index (Phi) is 5.45. The molecule has 0 saturated heterocycles. The first kappa shape index (κ1) is 14.6. The summed E-state index contributed by atoms with van der Waals surface area (Å²) in [7, 11) is 0. The number of hydrogen-bond acceptors (Lipinski definition) is 1. The minimum atomic E-state index is 0.639. The Morgan fingerprint density at radius 2 is 1.84 bits per heavy atom. The SMILES string of the molecule is CCCNCC(C)C(C)c1ccc(C2CCC2)cc1. The number of benzene rings is 1. The molecule has 0 aliphatic heterocycles. The van der Waals surface area contributed by atoms with Crippen molar-refractivity contribution < 1.29 is 0 Å². The van der Waals surface area contributed by atoms with Crippen LogP contribution >= 0.6 is 0 Å². The zero-order chi connectivity index (χ0) is 13.7. The minimum absolute atomic E-state index is 0.639. The molecular weight excluding hydrogens is 230 g/mol. The predicted molar refractivity (Wildman–Crippen MR) is 83.8 cm³/mol. The van der Waals surface area contributed by atoms with Crippen molar-refractivity contribution in [2.45, 2.75) is 58.3 Å². The topological polar surface area (TPSA) is 12.0 Å². The summed E-state index contributed by atoms with van der Waals surface area (Å²) in [4.78, 5) is 0. The monoisotopic (exact) mass is 259 g/mol. The van der Waals surface area contributed by atoms with Gasteiger partial charge in [-0.05, 0) is 61.2 Å². The van der Waals surface area contributed by atoms with Crippen LogP contribution in [0.2, 0.25) is 0 Å². The maximum Gasteiger partial charge on any atom is -0.00174 e. The van der Waals surface area contributed by atoms with Crippen molar-refractivity contribution in [3.63, 3.8) is 0 Å². The lowest BCUT2D eigenvalue weighted by molar-refractivity contribution is 0.419. The highest BCUT2D eigenvalue weighted by atomic mass is 14.8. The molecule has 1 N–H and O–H groups in total. The van der Waals surface area contributed by atoms with Crippen molar-refractivity contribution in [2.24, 2.45) is 5.92 Å². The van der Waals surface area contributed by atoms with E-state index in [1.807, 2.05) is 0 Å². The molecule has 0 spiro atoms. The van der Waals surface area contributed by atoms with Gasteiger partial charge in [-0.25, -0.2) is 0 Å². The van der Waals surface area contributed by atoms with Gasteiger partial charge in [0.25, 0.3) is 0 Å². The summed E-state index contributed by atoms with van der Waals surface area (Å²) < 4.78 is 0. The fourth-order valence-corrected chi connectivity index (χ4v) is 2.83. The van der Waals surface area contributed by atoms with E-state index in [4.69, 9.17) is 0 Å². The van der Waals surface area contributed by atoms with E-state index in [1.54, 1.807) is 5.56 Å². The van der Waals surface area contributed by atoms with Crippen molar-refractivity contribution >= 4 is 0 Å². The molecule has 0 aromatic heterocycles. The maximum absolute atomic E-state index is 3.53. The smallest absolute Gasteiger partial charge is 0.00174 e. The van der Waals surface area contributed by atoms with Crippen LogP contribution in [0.1, 0.15) is 69.4 Å². The Morgan fingerprint density at radius 3 is 2.37 bits per heavy atom. The third-order valence-corrected chi connectivity index (χ3v) is 4.79. The fourth-order valence-electron chi connectivity index (χ4n) is 2.83. The van der Waals surface area contributed by atoms with Crippen LogP contribution in [0.3, 0.4) is 0 Å². The number of hydrogen-bond donors (Lipinski definition) is 1. The molecule has 1 aliphatic rings. The second-order valence-electron chi connectivity index (χ2n) is 6.26. The first-order valence-electron chi connectivity index (χ1n) is 8.03. The van der Waals surface area contributed by atoms with Gasteiger partial charge in [-0.2, -0.15) is 0 Å². The van der Waals surface area contributed by atoms with Crippen LogP contribution in [0.15, 0.2) is 24.3 Å². The summed E-state index contributed by atoms with van der Waals surface area (Å²) in [6.45, 7) is 9.20. The van der Waals surface area contributed by atoms with E-state index in [2.05, 4.69) is 50.4 Å². The van der Waals surface area contributed by atoms with E-state index in [9.17, 15) is 0 Å². The van der Waals surface area contributed by atoms with E-state index in [-0.39, 0.29) is 0 Å². The van der Waals surface area contributed by atoms with Crippen molar-refractivity contribution in [3.05, 3.63) is 35.4 Å². The van der Waals surface area contributed by atoms with Gasteiger partial charge in [0.2, 0.25) is 0 Å². The molecule has 0 heterocycles. The molecule has 0 radical (unpaired) electrons. The summed E-state index contributed by atoms with van der Waals surface area (Å²) in [6.07, 6.45) is 5.43. The second-order valence-corrected chi connectivity index (χ2v) is 6.26. The van der Waals surface area contributed by atoms with Crippen LogP contribution in [-0.2, 0) is 0 Å². The molecule has 1 heteroatoms. The van der Waals surface area contributed by atoms with Crippen molar-refractivity contribution in [2.75, 3.05) is 13.1 Å². The normalized spacial score (nSPS) is 18.9. The van der Waals surface area contributed by atoms with Gasteiger partial charge in [0.05, 0.1) is 0 Å². The van der Waals surface area contributed by atoms with Crippen LogP contribution in [0, 0.1) is 5.92 Å². The highest BCUT2D eigenvalue weighted by molar-refractivity contribution is 5.28. The molecule has 19 heavy (non-hydrogen) atoms. The Morgan fingerprint density at radius 1 is 1.16 bits per heavy atom. The molecule has 1 fully saturated rings. The zero-order valence-electron chi connectivity index (χ0n) is 12.8.